The van der Waals surface area contributed by atoms with E-state index in [-0.39, 0.29) is 23.2 Å². The Hall–Kier alpha value is -3.05. The zero-order chi connectivity index (χ0) is 25.5. The van der Waals surface area contributed by atoms with Gasteiger partial charge < -0.3 is 9.47 Å². The van der Waals surface area contributed by atoms with Crippen LogP contribution in [0.1, 0.15) is 57.6 Å². The molecule has 1 heterocycles. The summed E-state index contributed by atoms with van der Waals surface area (Å²) in [6, 6.07) is 15.0. The Bertz CT molecular complexity index is 1180. The Morgan fingerprint density at radius 2 is 1.61 bits per heavy atom. The average Bonchev–Trinajstić information content (AvgIpc) is 2.90. The fourth-order valence-electron chi connectivity index (χ4n) is 4.65. The maximum absolute atomic E-state index is 15.0. The van der Waals surface area contributed by atoms with Gasteiger partial charge in [0.1, 0.15) is 5.82 Å². The van der Waals surface area contributed by atoms with Crippen molar-refractivity contribution < 1.29 is 22.6 Å². The summed E-state index contributed by atoms with van der Waals surface area (Å²) in [5.74, 6) is -1.93. The smallest absolute Gasteiger partial charge is 0.201 e. The van der Waals surface area contributed by atoms with Crippen molar-refractivity contribution in [1.82, 2.24) is 0 Å². The molecule has 0 amide bonds. The van der Waals surface area contributed by atoms with Gasteiger partial charge in [0.25, 0.3) is 0 Å². The molecular weight excluding hydrogens is 461 g/mol. The molecule has 0 aliphatic carbocycles. The van der Waals surface area contributed by atoms with Crippen LogP contribution in [-0.2, 0) is 4.74 Å². The van der Waals surface area contributed by atoms with Crippen molar-refractivity contribution in [2.75, 3.05) is 13.2 Å². The van der Waals surface area contributed by atoms with Crippen LogP contribution in [0.25, 0.3) is 22.3 Å². The Morgan fingerprint density at radius 3 is 2.25 bits per heavy atom. The summed E-state index contributed by atoms with van der Waals surface area (Å²) in [6.07, 6.45) is 8.76. The number of allylic oxidation sites excluding steroid dienone is 1. The van der Waals surface area contributed by atoms with Crippen LogP contribution in [0.2, 0.25) is 0 Å². The minimum Gasteiger partial charge on any atom is -0.490 e. The van der Waals surface area contributed by atoms with E-state index in [4.69, 9.17) is 9.47 Å². The van der Waals surface area contributed by atoms with Gasteiger partial charge in [-0.25, -0.2) is 8.78 Å². The second kappa shape index (κ2) is 12.3. The second-order valence-electron chi connectivity index (χ2n) is 9.30. The van der Waals surface area contributed by atoms with Crippen molar-refractivity contribution in [3.63, 3.8) is 0 Å². The lowest BCUT2D eigenvalue weighted by Gasteiger charge is -2.28. The van der Waals surface area contributed by atoms with E-state index in [0.717, 1.165) is 37.7 Å². The third-order valence-electron chi connectivity index (χ3n) is 6.70. The number of ether oxygens (including phenoxy) is 2. The standard InChI is InChI=1S/C31H33F3O2/c1-3-5-6-18-35-29-17-15-26(30(33)31(29)34)23-11-9-22(10-12-23)25-14-13-24(19-27(25)32)28-16-8-21(7-4-2)20-36-28/h4,7,9-15,17,19,21,28H,3,5-6,8,16,18,20H2,1-2H3. The quantitative estimate of drug-likeness (QED) is 0.218. The molecule has 0 spiro atoms. The second-order valence-corrected chi connectivity index (χ2v) is 9.30. The van der Waals surface area contributed by atoms with E-state index in [1.165, 1.54) is 18.2 Å². The van der Waals surface area contributed by atoms with Crippen molar-refractivity contribution in [3.05, 3.63) is 89.8 Å². The van der Waals surface area contributed by atoms with Crippen LogP contribution in [0, 0.1) is 23.4 Å². The molecule has 5 heteroatoms. The van der Waals surface area contributed by atoms with Crippen molar-refractivity contribution in [3.8, 4) is 28.0 Å². The van der Waals surface area contributed by atoms with Crippen LogP contribution in [0.3, 0.4) is 0 Å². The molecule has 0 N–H and O–H groups in total. The van der Waals surface area contributed by atoms with Crippen LogP contribution in [0.15, 0.2) is 66.7 Å². The summed E-state index contributed by atoms with van der Waals surface area (Å²) in [5.41, 5.74) is 2.60. The molecule has 1 aliphatic heterocycles. The van der Waals surface area contributed by atoms with Gasteiger partial charge >= 0.3 is 0 Å². The van der Waals surface area contributed by atoms with Crippen molar-refractivity contribution in [2.24, 2.45) is 5.92 Å². The molecule has 0 radical (unpaired) electrons. The van der Waals surface area contributed by atoms with Crippen LogP contribution in [-0.4, -0.2) is 13.2 Å². The summed E-state index contributed by atoms with van der Waals surface area (Å²) in [6.45, 7) is 5.06. The van der Waals surface area contributed by atoms with Gasteiger partial charge in [-0.1, -0.05) is 68.3 Å². The minimum atomic E-state index is -0.989. The molecule has 3 aromatic rings. The van der Waals surface area contributed by atoms with Gasteiger partial charge in [0.2, 0.25) is 5.82 Å². The van der Waals surface area contributed by atoms with E-state index in [0.29, 0.717) is 35.8 Å². The molecule has 0 saturated carbocycles. The van der Waals surface area contributed by atoms with E-state index in [9.17, 15) is 8.78 Å². The fraction of sp³-hybridized carbons (Fsp3) is 0.355. The molecule has 1 saturated heterocycles. The molecule has 0 bridgehead atoms. The number of unbranched alkanes of at least 4 members (excludes halogenated alkanes) is 2. The lowest BCUT2D eigenvalue weighted by Crippen LogP contribution is -2.19. The highest BCUT2D eigenvalue weighted by Crippen LogP contribution is 2.35. The number of rotatable bonds is 9. The van der Waals surface area contributed by atoms with E-state index >= 15 is 4.39 Å². The van der Waals surface area contributed by atoms with Gasteiger partial charge in [0, 0.05) is 17.0 Å². The molecule has 36 heavy (non-hydrogen) atoms. The number of hydrogen-bond acceptors (Lipinski definition) is 2. The molecule has 0 aromatic heterocycles. The zero-order valence-corrected chi connectivity index (χ0v) is 20.9. The first kappa shape index (κ1) is 26.0. The molecule has 4 rings (SSSR count). The van der Waals surface area contributed by atoms with Gasteiger partial charge in [-0.05, 0) is 61.1 Å². The Balaban J connectivity index is 1.46. The summed E-state index contributed by atoms with van der Waals surface area (Å²) in [4.78, 5) is 0. The lowest BCUT2D eigenvalue weighted by atomic mass is 9.93. The van der Waals surface area contributed by atoms with Crippen LogP contribution in [0.5, 0.6) is 5.75 Å². The molecule has 2 nitrogen and oxygen atoms in total. The van der Waals surface area contributed by atoms with Crippen LogP contribution in [0.4, 0.5) is 13.2 Å². The van der Waals surface area contributed by atoms with Gasteiger partial charge in [0.15, 0.2) is 11.6 Å². The summed E-state index contributed by atoms with van der Waals surface area (Å²) in [5, 5.41) is 0. The number of halogens is 3. The highest BCUT2D eigenvalue weighted by molar-refractivity contribution is 5.71. The van der Waals surface area contributed by atoms with E-state index in [2.05, 4.69) is 13.0 Å². The number of benzene rings is 3. The Labute approximate surface area is 211 Å². The maximum Gasteiger partial charge on any atom is 0.201 e. The molecule has 1 fully saturated rings. The van der Waals surface area contributed by atoms with E-state index < -0.39 is 11.6 Å². The topological polar surface area (TPSA) is 18.5 Å². The van der Waals surface area contributed by atoms with Crippen LogP contribution < -0.4 is 4.74 Å². The largest absolute Gasteiger partial charge is 0.490 e. The van der Waals surface area contributed by atoms with Crippen molar-refractivity contribution >= 4 is 0 Å². The monoisotopic (exact) mass is 494 g/mol. The fourth-order valence-corrected chi connectivity index (χ4v) is 4.65. The van der Waals surface area contributed by atoms with Crippen molar-refractivity contribution in [2.45, 2.75) is 52.1 Å². The first-order chi connectivity index (χ1) is 17.5. The molecular formula is C31H33F3O2. The maximum atomic E-state index is 15.0. The number of hydrogen-bond donors (Lipinski definition) is 0. The first-order valence-electron chi connectivity index (χ1n) is 12.8. The first-order valence-corrected chi connectivity index (χ1v) is 12.8. The normalized spacial score (nSPS) is 18.0. The van der Waals surface area contributed by atoms with Gasteiger partial charge in [-0.2, -0.15) is 4.39 Å². The molecule has 2 atom stereocenters. The Kier molecular flexibility index (Phi) is 8.87. The van der Waals surface area contributed by atoms with E-state index in [1.54, 1.807) is 30.3 Å². The zero-order valence-electron chi connectivity index (χ0n) is 20.9. The highest BCUT2D eigenvalue weighted by atomic mass is 19.2. The summed E-state index contributed by atoms with van der Waals surface area (Å²) < 4.78 is 55.7. The lowest BCUT2D eigenvalue weighted by molar-refractivity contribution is -0.00538. The van der Waals surface area contributed by atoms with Gasteiger partial charge in [0.05, 0.1) is 19.3 Å². The average molecular weight is 495 g/mol. The molecule has 3 aromatic carbocycles. The van der Waals surface area contributed by atoms with Gasteiger partial charge in [-0.3, -0.25) is 0 Å². The highest BCUT2D eigenvalue weighted by Gasteiger charge is 2.22. The molecule has 190 valence electrons. The molecule has 2 unspecified atom stereocenters. The van der Waals surface area contributed by atoms with E-state index in [1.807, 2.05) is 19.1 Å². The predicted molar refractivity (Wildman–Crippen MR) is 138 cm³/mol. The third kappa shape index (κ3) is 6.01. The molecule has 1 aliphatic rings. The SMILES string of the molecule is CC=CC1CCC(c2ccc(-c3ccc(-c4ccc(OCCCCC)c(F)c4F)cc3)c(F)c2)OC1. The Morgan fingerprint density at radius 1 is 0.889 bits per heavy atom. The third-order valence-corrected chi connectivity index (χ3v) is 6.70. The summed E-state index contributed by atoms with van der Waals surface area (Å²) >= 11 is 0. The van der Waals surface area contributed by atoms with Gasteiger partial charge in [-0.15, -0.1) is 0 Å². The summed E-state index contributed by atoms with van der Waals surface area (Å²) in [7, 11) is 0. The minimum absolute atomic E-state index is 0.0783. The van der Waals surface area contributed by atoms with Crippen LogP contribution >= 0.6 is 0 Å². The predicted octanol–water partition coefficient (Wildman–Crippen LogP) is 9.05. The van der Waals surface area contributed by atoms with Crippen molar-refractivity contribution in [1.29, 1.82) is 0 Å².